The number of aromatic nitrogens is 1. The van der Waals surface area contributed by atoms with Crippen molar-refractivity contribution in [3.8, 4) is 22.8 Å². The van der Waals surface area contributed by atoms with Gasteiger partial charge in [0, 0.05) is 24.2 Å². The number of hydrogen-bond acceptors (Lipinski definition) is 4. The molecule has 0 aliphatic carbocycles. The van der Waals surface area contributed by atoms with Crippen LogP contribution in [0.3, 0.4) is 0 Å². The molecule has 1 amide bonds. The molecule has 0 bridgehead atoms. The van der Waals surface area contributed by atoms with Crippen molar-refractivity contribution in [3.63, 3.8) is 0 Å². The Labute approximate surface area is 145 Å². The predicted octanol–water partition coefficient (Wildman–Crippen LogP) is 3.48. The van der Waals surface area contributed by atoms with Crippen molar-refractivity contribution >= 4 is 5.91 Å². The molecule has 0 unspecified atom stereocenters. The number of nitrogens with zero attached hydrogens (tertiary/aromatic N) is 2. The molecule has 1 aromatic heterocycles. The number of carbonyl (C=O) groups is 1. The van der Waals surface area contributed by atoms with E-state index < -0.39 is 0 Å². The van der Waals surface area contributed by atoms with Crippen molar-refractivity contribution in [1.82, 2.24) is 9.88 Å². The van der Waals surface area contributed by atoms with Gasteiger partial charge in [0.1, 0.15) is 0 Å². The van der Waals surface area contributed by atoms with Crippen LogP contribution in [0.5, 0.6) is 0 Å². The van der Waals surface area contributed by atoms with Crippen LogP contribution in [-0.2, 0) is 4.74 Å². The van der Waals surface area contributed by atoms with Crippen LogP contribution in [0.1, 0.15) is 10.5 Å². The first-order chi connectivity index (χ1) is 12.3. The van der Waals surface area contributed by atoms with E-state index in [0.29, 0.717) is 43.6 Å². The number of hydrogen-bond donors (Lipinski definition) is 0. The lowest BCUT2D eigenvalue weighted by Crippen LogP contribution is -2.41. The molecule has 25 heavy (non-hydrogen) atoms. The van der Waals surface area contributed by atoms with Crippen LogP contribution in [0, 0.1) is 0 Å². The van der Waals surface area contributed by atoms with Crippen molar-refractivity contribution < 1.29 is 13.9 Å². The van der Waals surface area contributed by atoms with Crippen LogP contribution in [-0.4, -0.2) is 42.1 Å². The van der Waals surface area contributed by atoms with Gasteiger partial charge in [-0.2, -0.15) is 0 Å². The Balaban J connectivity index is 1.78. The maximum Gasteiger partial charge on any atom is 0.276 e. The van der Waals surface area contributed by atoms with Crippen molar-refractivity contribution in [2.45, 2.75) is 0 Å². The molecule has 1 fully saturated rings. The number of rotatable bonds is 3. The van der Waals surface area contributed by atoms with E-state index in [1.165, 1.54) is 0 Å². The quantitative estimate of drug-likeness (QED) is 0.736. The summed E-state index contributed by atoms with van der Waals surface area (Å²) < 4.78 is 11.3. The fourth-order valence-electron chi connectivity index (χ4n) is 2.87. The minimum Gasteiger partial charge on any atom is -0.435 e. The summed E-state index contributed by atoms with van der Waals surface area (Å²) in [5.41, 5.74) is 2.04. The normalized spacial score (nSPS) is 14.5. The molecule has 126 valence electrons. The molecule has 0 atom stereocenters. The molecule has 5 nitrogen and oxygen atoms in total. The topological polar surface area (TPSA) is 55.6 Å². The van der Waals surface area contributed by atoms with Crippen LogP contribution in [0.15, 0.2) is 65.1 Å². The number of benzene rings is 2. The smallest absolute Gasteiger partial charge is 0.276 e. The van der Waals surface area contributed by atoms with Gasteiger partial charge in [-0.3, -0.25) is 4.79 Å². The maximum absolute atomic E-state index is 13.0. The SMILES string of the molecule is O=C(c1nc(-c2ccccc2)oc1-c1ccccc1)N1CCOCC1. The van der Waals surface area contributed by atoms with Crippen LogP contribution < -0.4 is 0 Å². The summed E-state index contributed by atoms with van der Waals surface area (Å²) in [5.74, 6) is 0.847. The first-order valence-electron chi connectivity index (χ1n) is 8.31. The zero-order chi connectivity index (χ0) is 17.1. The summed E-state index contributed by atoms with van der Waals surface area (Å²) in [4.78, 5) is 19.3. The second kappa shape index (κ2) is 6.91. The van der Waals surface area contributed by atoms with Gasteiger partial charge in [0.2, 0.25) is 5.89 Å². The largest absolute Gasteiger partial charge is 0.435 e. The summed E-state index contributed by atoms with van der Waals surface area (Å²) in [6.45, 7) is 2.24. The number of ether oxygens (including phenoxy) is 1. The van der Waals surface area contributed by atoms with Crippen LogP contribution >= 0.6 is 0 Å². The van der Waals surface area contributed by atoms with Gasteiger partial charge in [0.15, 0.2) is 11.5 Å². The van der Waals surface area contributed by atoms with Gasteiger partial charge in [0.25, 0.3) is 5.91 Å². The zero-order valence-electron chi connectivity index (χ0n) is 13.7. The second-order valence-electron chi connectivity index (χ2n) is 5.83. The molecule has 0 N–H and O–H groups in total. The molecule has 0 spiro atoms. The highest BCUT2D eigenvalue weighted by atomic mass is 16.5. The lowest BCUT2D eigenvalue weighted by molar-refractivity contribution is 0.0299. The fourth-order valence-corrected chi connectivity index (χ4v) is 2.87. The summed E-state index contributed by atoms with van der Waals surface area (Å²) in [5, 5.41) is 0. The van der Waals surface area contributed by atoms with E-state index in [-0.39, 0.29) is 5.91 Å². The Morgan fingerprint density at radius 2 is 1.48 bits per heavy atom. The number of oxazole rings is 1. The van der Waals surface area contributed by atoms with E-state index in [2.05, 4.69) is 4.98 Å². The molecular formula is C20H18N2O3. The Morgan fingerprint density at radius 3 is 2.12 bits per heavy atom. The summed E-state index contributed by atoms with van der Waals surface area (Å²) in [6, 6.07) is 19.2. The molecule has 1 aliphatic heterocycles. The zero-order valence-corrected chi connectivity index (χ0v) is 13.7. The first-order valence-corrected chi connectivity index (χ1v) is 8.31. The molecule has 0 radical (unpaired) electrons. The van der Waals surface area contributed by atoms with Gasteiger partial charge in [-0.25, -0.2) is 4.98 Å². The Hall–Kier alpha value is -2.92. The molecule has 0 saturated carbocycles. The lowest BCUT2D eigenvalue weighted by atomic mass is 10.1. The molecular weight excluding hydrogens is 316 g/mol. The standard InChI is InChI=1S/C20H18N2O3/c23-20(22-11-13-24-14-12-22)17-18(15-7-3-1-4-8-15)25-19(21-17)16-9-5-2-6-10-16/h1-10H,11-14H2. The van der Waals surface area contributed by atoms with E-state index in [1.807, 2.05) is 60.7 Å². The third kappa shape index (κ3) is 3.19. The van der Waals surface area contributed by atoms with Crippen molar-refractivity contribution in [3.05, 3.63) is 66.4 Å². The van der Waals surface area contributed by atoms with E-state index in [9.17, 15) is 4.79 Å². The Morgan fingerprint density at radius 1 is 0.880 bits per heavy atom. The maximum atomic E-state index is 13.0. The summed E-state index contributed by atoms with van der Waals surface area (Å²) in [6.07, 6.45) is 0. The second-order valence-corrected chi connectivity index (χ2v) is 5.83. The van der Waals surface area contributed by atoms with E-state index in [1.54, 1.807) is 4.90 Å². The molecule has 1 saturated heterocycles. The predicted molar refractivity (Wildman–Crippen MR) is 94.1 cm³/mol. The van der Waals surface area contributed by atoms with Crippen molar-refractivity contribution in [2.24, 2.45) is 0 Å². The van der Waals surface area contributed by atoms with Gasteiger partial charge in [-0.05, 0) is 12.1 Å². The average Bonchev–Trinajstić information content (AvgIpc) is 3.15. The Bertz CT molecular complexity index is 853. The number of amides is 1. The molecule has 5 heteroatoms. The van der Waals surface area contributed by atoms with Gasteiger partial charge < -0.3 is 14.1 Å². The molecule has 2 heterocycles. The van der Waals surface area contributed by atoms with Gasteiger partial charge in [0.05, 0.1) is 13.2 Å². The first kappa shape index (κ1) is 15.6. The fraction of sp³-hybridized carbons (Fsp3) is 0.200. The highest BCUT2D eigenvalue weighted by molar-refractivity contribution is 5.98. The molecule has 2 aromatic carbocycles. The van der Waals surface area contributed by atoms with Crippen LogP contribution in [0.4, 0.5) is 0 Å². The molecule has 4 rings (SSSR count). The van der Waals surface area contributed by atoms with Gasteiger partial charge in [-0.1, -0.05) is 48.5 Å². The third-order valence-electron chi connectivity index (χ3n) is 4.18. The van der Waals surface area contributed by atoms with E-state index in [0.717, 1.165) is 11.1 Å². The van der Waals surface area contributed by atoms with E-state index in [4.69, 9.17) is 9.15 Å². The number of carbonyl (C=O) groups excluding carboxylic acids is 1. The van der Waals surface area contributed by atoms with Crippen molar-refractivity contribution in [1.29, 1.82) is 0 Å². The van der Waals surface area contributed by atoms with Crippen LogP contribution in [0.25, 0.3) is 22.8 Å². The minimum atomic E-state index is -0.118. The van der Waals surface area contributed by atoms with E-state index >= 15 is 0 Å². The lowest BCUT2D eigenvalue weighted by Gasteiger charge is -2.26. The third-order valence-corrected chi connectivity index (χ3v) is 4.18. The Kier molecular flexibility index (Phi) is 4.31. The van der Waals surface area contributed by atoms with Gasteiger partial charge >= 0.3 is 0 Å². The van der Waals surface area contributed by atoms with Crippen molar-refractivity contribution in [2.75, 3.05) is 26.3 Å². The molecule has 1 aliphatic rings. The summed E-state index contributed by atoms with van der Waals surface area (Å²) in [7, 11) is 0. The monoisotopic (exact) mass is 334 g/mol. The number of morpholine rings is 1. The summed E-state index contributed by atoms with van der Waals surface area (Å²) >= 11 is 0. The highest BCUT2D eigenvalue weighted by Crippen LogP contribution is 2.30. The average molecular weight is 334 g/mol. The minimum absolute atomic E-state index is 0.118. The van der Waals surface area contributed by atoms with Crippen LogP contribution in [0.2, 0.25) is 0 Å². The highest BCUT2D eigenvalue weighted by Gasteiger charge is 2.27. The van der Waals surface area contributed by atoms with Gasteiger partial charge in [-0.15, -0.1) is 0 Å². The molecule has 3 aromatic rings.